The second-order valence-electron chi connectivity index (χ2n) is 9.58. The summed E-state index contributed by atoms with van der Waals surface area (Å²) >= 11 is 7.52. The van der Waals surface area contributed by atoms with Crippen molar-refractivity contribution in [1.29, 1.82) is 0 Å². The molecular weight excluding hydrogens is 574 g/mol. The molecule has 8 nitrogen and oxygen atoms in total. The van der Waals surface area contributed by atoms with Gasteiger partial charge in [0, 0.05) is 16.3 Å². The van der Waals surface area contributed by atoms with Crippen LogP contribution in [0.15, 0.2) is 81.7 Å². The van der Waals surface area contributed by atoms with Crippen molar-refractivity contribution in [1.82, 2.24) is 4.57 Å². The number of ether oxygens (including phenoxy) is 3. The molecule has 0 aliphatic carbocycles. The molecule has 0 saturated heterocycles. The summed E-state index contributed by atoms with van der Waals surface area (Å²) in [7, 11) is 3.10. The number of aromatic nitrogens is 1. The van der Waals surface area contributed by atoms with Gasteiger partial charge < -0.3 is 19.5 Å². The zero-order valence-electron chi connectivity index (χ0n) is 23.9. The van der Waals surface area contributed by atoms with E-state index in [0.29, 0.717) is 66.3 Å². The van der Waals surface area contributed by atoms with Crippen LogP contribution in [0.3, 0.4) is 0 Å². The Kier molecular flexibility index (Phi) is 8.51. The molecule has 0 unspecified atom stereocenters. The molecule has 4 aromatic rings. The minimum atomic E-state index is -0.780. The minimum absolute atomic E-state index is 0.297. The van der Waals surface area contributed by atoms with Crippen LogP contribution in [0.25, 0.3) is 6.08 Å². The van der Waals surface area contributed by atoms with Crippen molar-refractivity contribution in [3.05, 3.63) is 113 Å². The third-order valence-corrected chi connectivity index (χ3v) is 8.16. The number of nitrogens with one attached hydrogen (secondary N) is 1. The van der Waals surface area contributed by atoms with Crippen LogP contribution < -0.4 is 34.4 Å². The predicted molar refractivity (Wildman–Crippen MR) is 166 cm³/mol. The van der Waals surface area contributed by atoms with Gasteiger partial charge in [-0.1, -0.05) is 47.2 Å². The van der Waals surface area contributed by atoms with Gasteiger partial charge in [-0.2, -0.15) is 0 Å². The summed E-state index contributed by atoms with van der Waals surface area (Å²) in [6.07, 6.45) is 1.75. The van der Waals surface area contributed by atoms with Crippen LogP contribution in [0, 0.1) is 6.92 Å². The number of amides is 1. The topological polar surface area (TPSA) is 91.1 Å². The molecule has 216 valence electrons. The Morgan fingerprint density at radius 2 is 1.79 bits per heavy atom. The number of thiazole rings is 1. The number of carbonyl (C=O) groups is 1. The summed E-state index contributed by atoms with van der Waals surface area (Å²) in [6.45, 7) is 6.05. The van der Waals surface area contributed by atoms with E-state index >= 15 is 0 Å². The van der Waals surface area contributed by atoms with Crippen molar-refractivity contribution < 1.29 is 19.0 Å². The van der Waals surface area contributed by atoms with Gasteiger partial charge in [-0.15, -0.1) is 0 Å². The van der Waals surface area contributed by atoms with Gasteiger partial charge in [0.1, 0.15) is 5.75 Å². The number of hydrogen-bond acceptors (Lipinski definition) is 7. The molecule has 0 fully saturated rings. The summed E-state index contributed by atoms with van der Waals surface area (Å²) in [5, 5.41) is 3.54. The number of rotatable bonds is 8. The Balaban J connectivity index is 1.72. The van der Waals surface area contributed by atoms with Gasteiger partial charge in [-0.3, -0.25) is 14.2 Å². The standard InChI is InChI=1S/C32H30ClN3O5S/c1-6-41-24-14-12-22(33)15-21(24)17-27-31(38)36-29(20-11-13-25(39-4)26(16-20)40-5)28(19(3)34-32(36)42-27)30(37)35-23-10-8-7-9-18(23)2/h7-17,29H,6H2,1-5H3,(H,35,37)/b27-17-/t29-/m1/s1. The zero-order valence-corrected chi connectivity index (χ0v) is 25.4. The number of halogens is 1. The van der Waals surface area contributed by atoms with Gasteiger partial charge in [0.25, 0.3) is 11.5 Å². The fraction of sp³-hybridized carbons (Fsp3) is 0.219. The first-order valence-electron chi connectivity index (χ1n) is 13.3. The molecule has 0 radical (unpaired) electrons. The van der Waals surface area contributed by atoms with Gasteiger partial charge >= 0.3 is 0 Å². The predicted octanol–water partition coefficient (Wildman–Crippen LogP) is 5.25. The van der Waals surface area contributed by atoms with Crippen LogP contribution in [0.2, 0.25) is 5.02 Å². The number of para-hydroxylation sites is 1. The lowest BCUT2D eigenvalue weighted by Crippen LogP contribution is -2.40. The van der Waals surface area contributed by atoms with Gasteiger partial charge in [0.15, 0.2) is 16.3 Å². The molecule has 1 aliphatic heterocycles. The molecule has 0 saturated carbocycles. The lowest BCUT2D eigenvalue weighted by Gasteiger charge is -2.26. The molecule has 0 spiro atoms. The minimum Gasteiger partial charge on any atom is -0.493 e. The average molecular weight is 604 g/mol. The first-order valence-corrected chi connectivity index (χ1v) is 14.5. The summed E-state index contributed by atoms with van der Waals surface area (Å²) in [6, 6.07) is 17.4. The van der Waals surface area contributed by atoms with E-state index in [2.05, 4.69) is 5.32 Å². The molecule has 5 rings (SSSR count). The van der Waals surface area contributed by atoms with E-state index in [9.17, 15) is 9.59 Å². The molecular formula is C32H30ClN3O5S. The SMILES string of the molecule is CCOc1ccc(Cl)cc1/C=c1\sc2n(c1=O)[C@H](c1ccc(OC)c(OC)c1)C(C(=O)Nc1ccccc1C)=C(C)N=2. The number of carbonyl (C=O) groups excluding carboxylic acids is 1. The van der Waals surface area contributed by atoms with Crippen LogP contribution in [0.4, 0.5) is 5.69 Å². The lowest BCUT2D eigenvalue weighted by molar-refractivity contribution is -0.113. The Bertz CT molecular complexity index is 1890. The van der Waals surface area contributed by atoms with Crippen LogP contribution in [0.5, 0.6) is 17.2 Å². The zero-order chi connectivity index (χ0) is 30.0. The normalized spacial score (nSPS) is 14.7. The molecule has 1 atom stereocenters. The van der Waals surface area contributed by atoms with Crippen molar-refractivity contribution in [2.75, 3.05) is 26.1 Å². The fourth-order valence-corrected chi connectivity index (χ4v) is 6.13. The second kappa shape index (κ2) is 12.3. The van der Waals surface area contributed by atoms with Crippen molar-refractivity contribution in [3.63, 3.8) is 0 Å². The smallest absolute Gasteiger partial charge is 0.271 e. The molecule has 10 heteroatoms. The number of benzene rings is 3. The summed E-state index contributed by atoms with van der Waals surface area (Å²) < 4.78 is 18.8. The van der Waals surface area contributed by atoms with Crippen molar-refractivity contribution in [2.45, 2.75) is 26.8 Å². The van der Waals surface area contributed by atoms with Crippen LogP contribution in [0.1, 0.15) is 36.6 Å². The van der Waals surface area contributed by atoms with E-state index in [-0.39, 0.29) is 11.5 Å². The summed E-state index contributed by atoms with van der Waals surface area (Å²) in [4.78, 5) is 33.2. The van der Waals surface area contributed by atoms with E-state index in [1.54, 1.807) is 62.1 Å². The maximum atomic E-state index is 14.1. The summed E-state index contributed by atoms with van der Waals surface area (Å²) in [5.41, 5.74) is 3.49. The van der Waals surface area contributed by atoms with Gasteiger partial charge in [-0.05, 0) is 74.4 Å². The number of methoxy groups -OCH3 is 2. The number of nitrogens with zero attached hydrogens (tertiary/aromatic N) is 2. The monoisotopic (exact) mass is 603 g/mol. The highest BCUT2D eigenvalue weighted by atomic mass is 35.5. The maximum Gasteiger partial charge on any atom is 0.271 e. The number of anilines is 1. The van der Waals surface area contributed by atoms with Crippen LogP contribution >= 0.6 is 22.9 Å². The van der Waals surface area contributed by atoms with Crippen LogP contribution in [-0.4, -0.2) is 31.3 Å². The van der Waals surface area contributed by atoms with Gasteiger partial charge in [0.2, 0.25) is 0 Å². The average Bonchev–Trinajstić information content (AvgIpc) is 3.28. The first-order chi connectivity index (χ1) is 20.2. The number of allylic oxidation sites excluding steroid dienone is 1. The molecule has 2 heterocycles. The molecule has 1 aromatic heterocycles. The Morgan fingerprint density at radius 1 is 1.05 bits per heavy atom. The largest absolute Gasteiger partial charge is 0.493 e. The van der Waals surface area contributed by atoms with E-state index in [1.807, 2.05) is 44.2 Å². The van der Waals surface area contributed by atoms with Gasteiger partial charge in [-0.25, -0.2) is 4.99 Å². The summed E-state index contributed by atoms with van der Waals surface area (Å²) in [5.74, 6) is 1.27. The van der Waals surface area contributed by atoms with E-state index in [1.165, 1.54) is 11.3 Å². The number of aryl methyl sites for hydroxylation is 1. The second-order valence-corrected chi connectivity index (χ2v) is 11.0. The third-order valence-electron chi connectivity index (χ3n) is 6.94. The lowest BCUT2D eigenvalue weighted by atomic mass is 9.94. The first kappa shape index (κ1) is 29.2. The van der Waals surface area contributed by atoms with Gasteiger partial charge in [0.05, 0.1) is 42.7 Å². The highest BCUT2D eigenvalue weighted by Gasteiger charge is 2.33. The van der Waals surface area contributed by atoms with E-state index < -0.39 is 6.04 Å². The molecule has 1 N–H and O–H groups in total. The fourth-order valence-electron chi connectivity index (χ4n) is 4.91. The quantitative estimate of drug-likeness (QED) is 0.297. The molecule has 0 bridgehead atoms. The number of fused-ring (bicyclic) bond motifs is 1. The van der Waals surface area contributed by atoms with Crippen molar-refractivity contribution in [3.8, 4) is 17.2 Å². The van der Waals surface area contributed by atoms with Crippen molar-refractivity contribution in [2.24, 2.45) is 4.99 Å². The third kappa shape index (κ3) is 5.57. The highest BCUT2D eigenvalue weighted by molar-refractivity contribution is 7.07. The van der Waals surface area contributed by atoms with Crippen LogP contribution in [-0.2, 0) is 4.79 Å². The Hall–Kier alpha value is -4.34. The molecule has 3 aromatic carbocycles. The van der Waals surface area contributed by atoms with Crippen molar-refractivity contribution >= 4 is 40.6 Å². The van der Waals surface area contributed by atoms with E-state index in [0.717, 1.165) is 5.56 Å². The highest BCUT2D eigenvalue weighted by Crippen LogP contribution is 2.36. The molecule has 1 aliphatic rings. The Morgan fingerprint density at radius 3 is 2.50 bits per heavy atom. The van der Waals surface area contributed by atoms with E-state index in [4.69, 9.17) is 30.8 Å². The molecule has 1 amide bonds. The maximum absolute atomic E-state index is 14.1. The Labute approximate surface area is 252 Å². The number of hydrogen-bond donors (Lipinski definition) is 1. The molecule has 42 heavy (non-hydrogen) atoms.